The Kier molecular flexibility index (Phi) is 7.28. The second-order valence-electron chi connectivity index (χ2n) is 5.55. The summed E-state index contributed by atoms with van der Waals surface area (Å²) in [5.74, 6) is 0. The summed E-state index contributed by atoms with van der Waals surface area (Å²) in [4.78, 5) is 13.0. The summed E-state index contributed by atoms with van der Waals surface area (Å²) in [5, 5.41) is 20.9. The number of carboxylic acid groups (broad SMARTS) is 1. The van der Waals surface area contributed by atoms with Gasteiger partial charge >= 0.3 is 6.09 Å². The molecule has 1 aromatic carbocycles. The Balaban J connectivity index is 1.84. The molecule has 2 atom stereocenters. The Hall–Kier alpha value is -1.67. The van der Waals surface area contributed by atoms with Gasteiger partial charge in [0.1, 0.15) is 0 Å². The maximum Gasteiger partial charge on any atom is 0.405 e. The number of morpholine rings is 1. The molecule has 7 nitrogen and oxygen atoms in total. The van der Waals surface area contributed by atoms with Gasteiger partial charge in [0.05, 0.1) is 45.1 Å². The summed E-state index contributed by atoms with van der Waals surface area (Å²) in [5.41, 5.74) is 1.04. The third-order valence-electron chi connectivity index (χ3n) is 3.77. The van der Waals surface area contributed by atoms with Gasteiger partial charge in [-0.3, -0.25) is 4.90 Å². The van der Waals surface area contributed by atoms with Gasteiger partial charge in [-0.05, 0) is 5.56 Å². The van der Waals surface area contributed by atoms with Crippen molar-refractivity contribution >= 4 is 6.09 Å². The van der Waals surface area contributed by atoms with Gasteiger partial charge in [-0.2, -0.15) is 0 Å². The molecule has 0 aliphatic carbocycles. The van der Waals surface area contributed by atoms with Gasteiger partial charge in [-0.15, -0.1) is 0 Å². The molecule has 3 N–H and O–H groups in total. The molecule has 23 heavy (non-hydrogen) atoms. The highest BCUT2D eigenvalue weighted by Gasteiger charge is 2.25. The van der Waals surface area contributed by atoms with Crippen molar-refractivity contribution in [3.05, 3.63) is 35.9 Å². The Morgan fingerprint density at radius 3 is 2.91 bits per heavy atom. The smallest absolute Gasteiger partial charge is 0.405 e. The van der Waals surface area contributed by atoms with E-state index in [1.165, 1.54) is 0 Å². The molecule has 0 saturated carbocycles. The number of aliphatic hydroxyl groups is 1. The van der Waals surface area contributed by atoms with Crippen molar-refractivity contribution in [3.63, 3.8) is 0 Å². The highest BCUT2D eigenvalue weighted by atomic mass is 16.5. The van der Waals surface area contributed by atoms with Crippen molar-refractivity contribution in [1.29, 1.82) is 0 Å². The highest BCUT2D eigenvalue weighted by molar-refractivity contribution is 5.64. The van der Waals surface area contributed by atoms with Crippen LogP contribution in [-0.4, -0.2) is 72.8 Å². The number of rotatable bonds is 8. The summed E-state index contributed by atoms with van der Waals surface area (Å²) in [7, 11) is 0. The van der Waals surface area contributed by atoms with Gasteiger partial charge in [0.15, 0.2) is 0 Å². The number of nitrogens with one attached hydrogen (secondary N) is 1. The standard InChI is InChI=1S/C16H24N2O5/c19-9-15-12-22-7-6-18(15)8-14(17-16(20)21)11-23-10-13-4-2-1-3-5-13/h1-5,14-15,17,19H,6-12H2,(H,20,21)/t14-,15-/m0/s1. The summed E-state index contributed by atoms with van der Waals surface area (Å²) in [6, 6.07) is 9.27. The molecule has 1 saturated heterocycles. The van der Waals surface area contributed by atoms with Crippen LogP contribution in [0.1, 0.15) is 5.56 Å². The summed E-state index contributed by atoms with van der Waals surface area (Å²) >= 11 is 0. The van der Waals surface area contributed by atoms with Crippen molar-refractivity contribution in [3.8, 4) is 0 Å². The number of benzene rings is 1. The van der Waals surface area contributed by atoms with E-state index in [-0.39, 0.29) is 25.3 Å². The van der Waals surface area contributed by atoms with Crippen LogP contribution in [0, 0.1) is 0 Å². The van der Waals surface area contributed by atoms with Crippen LogP contribution in [0.3, 0.4) is 0 Å². The lowest BCUT2D eigenvalue weighted by atomic mass is 10.2. The van der Waals surface area contributed by atoms with E-state index >= 15 is 0 Å². The molecule has 0 aromatic heterocycles. The van der Waals surface area contributed by atoms with Crippen molar-refractivity contribution in [2.24, 2.45) is 0 Å². The van der Waals surface area contributed by atoms with Crippen LogP contribution >= 0.6 is 0 Å². The van der Waals surface area contributed by atoms with E-state index < -0.39 is 6.09 Å². The van der Waals surface area contributed by atoms with E-state index in [4.69, 9.17) is 14.6 Å². The lowest BCUT2D eigenvalue weighted by molar-refractivity contribution is -0.0354. The molecule has 2 rings (SSSR count). The third-order valence-corrected chi connectivity index (χ3v) is 3.77. The average molecular weight is 324 g/mol. The highest BCUT2D eigenvalue weighted by Crippen LogP contribution is 2.08. The maximum absolute atomic E-state index is 11.0. The first kappa shape index (κ1) is 17.7. The molecule has 1 heterocycles. The molecule has 0 bridgehead atoms. The second kappa shape index (κ2) is 9.46. The normalized spacial score (nSPS) is 20.1. The fraction of sp³-hybridized carbons (Fsp3) is 0.562. The monoisotopic (exact) mass is 324 g/mol. The van der Waals surface area contributed by atoms with Gasteiger partial charge < -0.3 is 25.0 Å². The maximum atomic E-state index is 11.0. The number of amides is 1. The zero-order valence-electron chi connectivity index (χ0n) is 13.1. The molecular formula is C16H24N2O5. The molecule has 0 unspecified atom stereocenters. The Morgan fingerprint density at radius 2 is 2.22 bits per heavy atom. The zero-order valence-corrected chi connectivity index (χ0v) is 13.1. The molecule has 1 aliphatic heterocycles. The fourth-order valence-corrected chi connectivity index (χ4v) is 2.59. The van der Waals surface area contributed by atoms with E-state index in [0.717, 1.165) is 5.56 Å². The molecule has 1 amide bonds. The molecule has 128 valence electrons. The van der Waals surface area contributed by atoms with Crippen molar-refractivity contribution in [2.75, 3.05) is 39.5 Å². The van der Waals surface area contributed by atoms with Crippen LogP contribution < -0.4 is 5.32 Å². The van der Waals surface area contributed by atoms with Gasteiger partial charge in [-0.25, -0.2) is 4.79 Å². The van der Waals surface area contributed by atoms with Crippen molar-refractivity contribution in [1.82, 2.24) is 10.2 Å². The fourth-order valence-electron chi connectivity index (χ4n) is 2.59. The third kappa shape index (κ3) is 6.15. The first-order valence-corrected chi connectivity index (χ1v) is 7.73. The van der Waals surface area contributed by atoms with Crippen LogP contribution in [0.4, 0.5) is 4.79 Å². The predicted octanol–water partition coefficient (Wildman–Crippen LogP) is 0.532. The van der Waals surface area contributed by atoms with Crippen LogP contribution in [0.25, 0.3) is 0 Å². The minimum atomic E-state index is -1.08. The van der Waals surface area contributed by atoms with Crippen LogP contribution in [0.5, 0.6) is 0 Å². The quantitative estimate of drug-likeness (QED) is 0.646. The van der Waals surface area contributed by atoms with E-state index in [2.05, 4.69) is 5.32 Å². The topological polar surface area (TPSA) is 91.3 Å². The minimum absolute atomic E-state index is 0.00926. The average Bonchev–Trinajstić information content (AvgIpc) is 2.55. The number of nitrogens with zero attached hydrogens (tertiary/aromatic N) is 1. The van der Waals surface area contributed by atoms with E-state index in [0.29, 0.717) is 32.9 Å². The minimum Gasteiger partial charge on any atom is -0.465 e. The van der Waals surface area contributed by atoms with E-state index in [1.54, 1.807) is 0 Å². The van der Waals surface area contributed by atoms with E-state index in [1.807, 2.05) is 35.2 Å². The molecule has 1 fully saturated rings. The molecule has 1 aliphatic rings. The van der Waals surface area contributed by atoms with Crippen LogP contribution in [-0.2, 0) is 16.1 Å². The van der Waals surface area contributed by atoms with Gasteiger partial charge in [0, 0.05) is 13.1 Å². The first-order valence-electron chi connectivity index (χ1n) is 7.73. The van der Waals surface area contributed by atoms with Crippen molar-refractivity contribution < 1.29 is 24.5 Å². The number of aliphatic hydroxyl groups excluding tert-OH is 1. The summed E-state index contributed by atoms with van der Waals surface area (Å²) in [6.07, 6.45) is -1.08. The molecule has 7 heteroatoms. The number of carbonyl (C=O) groups is 1. The van der Waals surface area contributed by atoms with Crippen LogP contribution in [0.15, 0.2) is 30.3 Å². The van der Waals surface area contributed by atoms with Crippen LogP contribution in [0.2, 0.25) is 0 Å². The number of hydrogen-bond donors (Lipinski definition) is 3. The lowest BCUT2D eigenvalue weighted by Gasteiger charge is -2.36. The largest absolute Gasteiger partial charge is 0.465 e. The predicted molar refractivity (Wildman–Crippen MR) is 84.3 cm³/mol. The van der Waals surface area contributed by atoms with Gasteiger partial charge in [-0.1, -0.05) is 30.3 Å². The zero-order chi connectivity index (χ0) is 16.5. The molecule has 0 spiro atoms. The van der Waals surface area contributed by atoms with Gasteiger partial charge in [0.2, 0.25) is 0 Å². The van der Waals surface area contributed by atoms with E-state index in [9.17, 15) is 9.90 Å². The second-order valence-corrected chi connectivity index (χ2v) is 5.55. The molecular weight excluding hydrogens is 300 g/mol. The first-order chi connectivity index (χ1) is 11.2. The number of ether oxygens (including phenoxy) is 2. The Labute approximate surface area is 135 Å². The summed E-state index contributed by atoms with van der Waals surface area (Å²) in [6.45, 7) is 2.90. The Bertz CT molecular complexity index is 471. The SMILES string of the molecule is O=C(O)N[C@H](COCc1ccccc1)CN1CCOC[C@@H]1CO. The molecule has 0 radical (unpaired) electrons. The Morgan fingerprint density at radius 1 is 1.43 bits per heavy atom. The van der Waals surface area contributed by atoms with Gasteiger partial charge in [0.25, 0.3) is 0 Å². The number of hydrogen-bond acceptors (Lipinski definition) is 5. The lowest BCUT2D eigenvalue weighted by Crippen LogP contribution is -2.54. The van der Waals surface area contributed by atoms with Crippen molar-refractivity contribution in [2.45, 2.75) is 18.7 Å². The summed E-state index contributed by atoms with van der Waals surface area (Å²) < 4.78 is 11.0. The molecule has 1 aromatic rings.